The van der Waals surface area contributed by atoms with Gasteiger partial charge in [0.15, 0.2) is 0 Å². The third-order valence-corrected chi connectivity index (χ3v) is 3.40. The van der Waals surface area contributed by atoms with E-state index in [9.17, 15) is 14.4 Å². The Morgan fingerprint density at radius 3 is 2.12 bits per heavy atom. The maximum absolute atomic E-state index is 11.0. The van der Waals surface area contributed by atoms with E-state index in [0.29, 0.717) is 0 Å². The quantitative estimate of drug-likeness (QED) is 0.609. The van der Waals surface area contributed by atoms with Crippen LogP contribution in [0.1, 0.15) is 19.8 Å². The summed E-state index contributed by atoms with van der Waals surface area (Å²) >= 11 is 0. The molecule has 0 spiro atoms. The molecule has 0 aliphatic heterocycles. The molecule has 1 amide bonds. The van der Waals surface area contributed by atoms with Crippen LogP contribution < -0.4 is 5.73 Å². The van der Waals surface area contributed by atoms with Crippen LogP contribution in [-0.2, 0) is 14.4 Å². The molecule has 0 aromatic carbocycles. The maximum atomic E-state index is 11.0. The second-order valence-corrected chi connectivity index (χ2v) is 4.25. The molecule has 1 rings (SSSR count). The molecule has 0 saturated heterocycles. The number of nitrogens with two attached hydrogens (primary N) is 1. The Labute approximate surface area is 92.4 Å². The smallest absolute Gasteiger partial charge is 0.307 e. The highest BCUT2D eigenvalue weighted by atomic mass is 16.4. The van der Waals surface area contributed by atoms with Gasteiger partial charge in [0.2, 0.25) is 5.91 Å². The van der Waals surface area contributed by atoms with Gasteiger partial charge in [0, 0.05) is 6.42 Å². The zero-order valence-corrected chi connectivity index (χ0v) is 8.92. The predicted octanol–water partition coefficient (Wildman–Crippen LogP) is -0.0806. The minimum absolute atomic E-state index is 0.0791. The Kier molecular flexibility index (Phi) is 3.51. The van der Waals surface area contributed by atoms with Gasteiger partial charge in [-0.25, -0.2) is 0 Å². The zero-order valence-electron chi connectivity index (χ0n) is 8.92. The number of hydrogen-bond acceptors (Lipinski definition) is 3. The number of amides is 1. The Balaban J connectivity index is 2.68. The minimum atomic E-state index is -1.07. The van der Waals surface area contributed by atoms with E-state index in [-0.39, 0.29) is 24.7 Å². The SMILES string of the molecule is CC1C(CCC(=O)O)C(C(=O)O)C1C(N)=O. The van der Waals surface area contributed by atoms with Gasteiger partial charge in [-0.2, -0.15) is 0 Å². The van der Waals surface area contributed by atoms with Crippen molar-refractivity contribution in [3.8, 4) is 0 Å². The number of primary amides is 1. The fourth-order valence-corrected chi connectivity index (χ4v) is 2.55. The van der Waals surface area contributed by atoms with E-state index in [2.05, 4.69) is 0 Å². The van der Waals surface area contributed by atoms with Crippen LogP contribution in [0.5, 0.6) is 0 Å². The van der Waals surface area contributed by atoms with Gasteiger partial charge < -0.3 is 15.9 Å². The van der Waals surface area contributed by atoms with E-state index in [1.165, 1.54) is 0 Å². The van der Waals surface area contributed by atoms with Crippen molar-refractivity contribution < 1.29 is 24.6 Å². The Hall–Kier alpha value is -1.59. The molecule has 1 aliphatic rings. The Bertz CT molecular complexity index is 327. The van der Waals surface area contributed by atoms with Crippen molar-refractivity contribution in [1.29, 1.82) is 0 Å². The fraction of sp³-hybridized carbons (Fsp3) is 0.700. The van der Waals surface area contributed by atoms with Crippen molar-refractivity contribution in [2.24, 2.45) is 29.4 Å². The maximum Gasteiger partial charge on any atom is 0.307 e. The molecule has 0 bridgehead atoms. The van der Waals surface area contributed by atoms with Crippen molar-refractivity contribution >= 4 is 17.8 Å². The number of carboxylic acid groups (broad SMARTS) is 2. The highest BCUT2D eigenvalue weighted by Crippen LogP contribution is 2.48. The zero-order chi connectivity index (χ0) is 12.5. The first-order valence-electron chi connectivity index (χ1n) is 5.10. The molecule has 4 atom stereocenters. The molecule has 0 heterocycles. The topological polar surface area (TPSA) is 118 Å². The van der Waals surface area contributed by atoms with Crippen LogP contribution in [0, 0.1) is 23.7 Å². The lowest BCUT2D eigenvalue weighted by atomic mass is 9.55. The second-order valence-electron chi connectivity index (χ2n) is 4.25. The normalized spacial score (nSPS) is 32.8. The first-order chi connectivity index (χ1) is 7.36. The highest BCUT2D eigenvalue weighted by molar-refractivity contribution is 5.86. The number of carbonyl (C=O) groups is 3. The fourth-order valence-electron chi connectivity index (χ4n) is 2.55. The largest absolute Gasteiger partial charge is 0.481 e. The first-order valence-corrected chi connectivity index (χ1v) is 5.10. The molecule has 1 aliphatic carbocycles. The summed E-state index contributed by atoms with van der Waals surface area (Å²) in [4.78, 5) is 32.4. The molecule has 4 unspecified atom stereocenters. The summed E-state index contributed by atoms with van der Waals surface area (Å²) in [5.41, 5.74) is 5.12. The lowest BCUT2D eigenvalue weighted by Gasteiger charge is -2.46. The van der Waals surface area contributed by atoms with Gasteiger partial charge in [0.1, 0.15) is 0 Å². The molecule has 6 heteroatoms. The summed E-state index contributed by atoms with van der Waals surface area (Å²) < 4.78 is 0. The molecule has 0 radical (unpaired) electrons. The van der Waals surface area contributed by atoms with E-state index in [4.69, 9.17) is 15.9 Å². The van der Waals surface area contributed by atoms with E-state index < -0.39 is 29.7 Å². The lowest BCUT2D eigenvalue weighted by molar-refractivity contribution is -0.165. The van der Waals surface area contributed by atoms with E-state index in [1.807, 2.05) is 0 Å². The molecule has 1 saturated carbocycles. The molecule has 6 nitrogen and oxygen atoms in total. The van der Waals surface area contributed by atoms with E-state index >= 15 is 0 Å². The van der Waals surface area contributed by atoms with Crippen LogP contribution in [0.3, 0.4) is 0 Å². The summed E-state index contributed by atoms with van der Waals surface area (Å²) in [6.45, 7) is 1.74. The lowest BCUT2D eigenvalue weighted by Crippen LogP contribution is -2.55. The minimum Gasteiger partial charge on any atom is -0.481 e. The average molecular weight is 229 g/mol. The summed E-state index contributed by atoms with van der Waals surface area (Å²) in [6, 6.07) is 0. The van der Waals surface area contributed by atoms with Gasteiger partial charge in [-0.15, -0.1) is 0 Å². The van der Waals surface area contributed by atoms with Crippen LogP contribution in [0.25, 0.3) is 0 Å². The molecule has 0 aromatic heterocycles. The van der Waals surface area contributed by atoms with Crippen LogP contribution in [0.15, 0.2) is 0 Å². The molecule has 0 aromatic rings. The number of aliphatic carboxylic acids is 2. The van der Waals surface area contributed by atoms with Crippen LogP contribution >= 0.6 is 0 Å². The standard InChI is InChI=1S/C10H15NO5/c1-4-5(2-3-6(12)13)8(10(15)16)7(4)9(11)14/h4-5,7-8H,2-3H2,1H3,(H2,11,14)(H,12,13)(H,15,16). The highest BCUT2D eigenvalue weighted by Gasteiger charge is 2.54. The van der Waals surface area contributed by atoms with Gasteiger partial charge in [0.25, 0.3) is 0 Å². The number of carboxylic acids is 2. The molecule has 16 heavy (non-hydrogen) atoms. The van der Waals surface area contributed by atoms with Gasteiger partial charge in [-0.1, -0.05) is 6.92 Å². The van der Waals surface area contributed by atoms with Crippen LogP contribution in [-0.4, -0.2) is 28.1 Å². The van der Waals surface area contributed by atoms with Gasteiger partial charge in [-0.05, 0) is 18.3 Å². The molecule has 1 fully saturated rings. The monoisotopic (exact) mass is 229 g/mol. The van der Waals surface area contributed by atoms with Gasteiger partial charge in [-0.3, -0.25) is 14.4 Å². The van der Waals surface area contributed by atoms with Crippen molar-refractivity contribution in [2.45, 2.75) is 19.8 Å². The van der Waals surface area contributed by atoms with Crippen molar-refractivity contribution in [3.63, 3.8) is 0 Å². The molecule has 4 N–H and O–H groups in total. The average Bonchev–Trinajstić information content (AvgIpc) is 2.12. The van der Waals surface area contributed by atoms with Crippen LogP contribution in [0.4, 0.5) is 0 Å². The van der Waals surface area contributed by atoms with E-state index in [1.54, 1.807) is 6.92 Å². The third-order valence-electron chi connectivity index (χ3n) is 3.40. The number of rotatable bonds is 5. The van der Waals surface area contributed by atoms with Gasteiger partial charge >= 0.3 is 11.9 Å². The van der Waals surface area contributed by atoms with E-state index in [0.717, 1.165) is 0 Å². The van der Waals surface area contributed by atoms with Gasteiger partial charge in [0.05, 0.1) is 11.8 Å². The van der Waals surface area contributed by atoms with Crippen LogP contribution in [0.2, 0.25) is 0 Å². The molecular formula is C10H15NO5. The number of hydrogen-bond donors (Lipinski definition) is 3. The predicted molar refractivity (Wildman–Crippen MR) is 53.3 cm³/mol. The third kappa shape index (κ3) is 2.15. The first kappa shape index (κ1) is 12.5. The Morgan fingerprint density at radius 2 is 1.75 bits per heavy atom. The van der Waals surface area contributed by atoms with Crippen molar-refractivity contribution in [1.82, 2.24) is 0 Å². The summed E-state index contributed by atoms with van der Waals surface area (Å²) in [5.74, 6) is -4.57. The molecular weight excluding hydrogens is 214 g/mol. The second kappa shape index (κ2) is 4.51. The molecule has 90 valence electrons. The summed E-state index contributed by atoms with van der Waals surface area (Å²) in [6.07, 6.45) is 0.196. The van der Waals surface area contributed by atoms with Crippen molar-refractivity contribution in [2.75, 3.05) is 0 Å². The summed E-state index contributed by atoms with van der Waals surface area (Å²) in [7, 11) is 0. The Morgan fingerprint density at radius 1 is 1.19 bits per heavy atom. The summed E-state index contributed by atoms with van der Waals surface area (Å²) in [5, 5.41) is 17.5. The van der Waals surface area contributed by atoms with Crippen molar-refractivity contribution in [3.05, 3.63) is 0 Å². The number of carbonyl (C=O) groups excluding carboxylic acids is 1.